The van der Waals surface area contributed by atoms with Crippen molar-refractivity contribution in [3.8, 4) is 6.07 Å². The van der Waals surface area contributed by atoms with Gasteiger partial charge < -0.3 is 4.90 Å². The Morgan fingerprint density at radius 3 is 2.82 bits per heavy atom. The molecule has 0 N–H and O–H groups in total. The molecule has 0 heterocycles. The van der Waals surface area contributed by atoms with Gasteiger partial charge in [0.2, 0.25) is 0 Å². The molecule has 0 fully saturated rings. The Bertz CT molecular complexity index is 465. The van der Waals surface area contributed by atoms with Crippen molar-refractivity contribution in [2.24, 2.45) is 0 Å². The summed E-state index contributed by atoms with van der Waals surface area (Å²) in [6.45, 7) is 3.67. The summed E-state index contributed by atoms with van der Waals surface area (Å²) in [6, 6.07) is 7.22. The van der Waals surface area contributed by atoms with Crippen LogP contribution in [0.5, 0.6) is 0 Å². The number of hydrogen-bond acceptors (Lipinski definition) is 2. The molecule has 0 saturated heterocycles. The second-order valence-electron chi connectivity index (χ2n) is 4.04. The van der Waals surface area contributed by atoms with Gasteiger partial charge in [-0.15, -0.1) is 0 Å². The van der Waals surface area contributed by atoms with E-state index < -0.39 is 0 Å². The van der Waals surface area contributed by atoms with Crippen LogP contribution in [0.25, 0.3) is 0 Å². The number of rotatable bonds is 3. The van der Waals surface area contributed by atoms with Crippen molar-refractivity contribution in [1.82, 2.24) is 4.90 Å². The number of nitrogens with zero attached hydrogens (tertiary/aromatic N) is 2. The number of hydrogen-bond donors (Lipinski definition) is 0. The van der Waals surface area contributed by atoms with Crippen LogP contribution in [0.15, 0.2) is 18.2 Å². The summed E-state index contributed by atoms with van der Waals surface area (Å²) in [7, 11) is 1.70. The van der Waals surface area contributed by atoms with Crippen molar-refractivity contribution < 1.29 is 4.79 Å². The average molecular weight is 251 g/mol. The standard InChI is InChI=1S/C13H15ClN2O/c1-9(7-8-15)16(3)13(17)11-5-4-6-12(14)10(11)2/h4-6,9H,7H2,1-3H3. The highest BCUT2D eigenvalue weighted by Crippen LogP contribution is 2.20. The first-order valence-electron chi connectivity index (χ1n) is 5.38. The fourth-order valence-electron chi connectivity index (χ4n) is 1.50. The number of halogens is 1. The van der Waals surface area contributed by atoms with E-state index in [1.165, 1.54) is 0 Å². The highest BCUT2D eigenvalue weighted by Gasteiger charge is 2.19. The van der Waals surface area contributed by atoms with Gasteiger partial charge >= 0.3 is 0 Å². The molecule has 0 aliphatic rings. The maximum absolute atomic E-state index is 12.2. The van der Waals surface area contributed by atoms with Crippen LogP contribution < -0.4 is 0 Å². The molecule has 1 amide bonds. The van der Waals surface area contributed by atoms with Gasteiger partial charge in [-0.1, -0.05) is 17.7 Å². The second kappa shape index (κ2) is 5.70. The molecular formula is C13H15ClN2O. The van der Waals surface area contributed by atoms with Crippen LogP contribution in [0.3, 0.4) is 0 Å². The lowest BCUT2D eigenvalue weighted by molar-refractivity contribution is 0.0745. The van der Waals surface area contributed by atoms with Crippen LogP contribution >= 0.6 is 11.6 Å². The maximum Gasteiger partial charge on any atom is 0.254 e. The lowest BCUT2D eigenvalue weighted by Gasteiger charge is -2.23. The summed E-state index contributed by atoms with van der Waals surface area (Å²) < 4.78 is 0. The van der Waals surface area contributed by atoms with Gasteiger partial charge in [-0.2, -0.15) is 5.26 Å². The Balaban J connectivity index is 2.97. The first-order chi connectivity index (χ1) is 7.99. The van der Waals surface area contributed by atoms with Gasteiger partial charge in [-0.25, -0.2) is 0 Å². The molecule has 90 valence electrons. The maximum atomic E-state index is 12.2. The number of carbonyl (C=O) groups is 1. The third kappa shape index (κ3) is 2.98. The average Bonchev–Trinajstić information content (AvgIpc) is 2.31. The van der Waals surface area contributed by atoms with Crippen LogP contribution in [0.4, 0.5) is 0 Å². The van der Waals surface area contributed by atoms with E-state index in [9.17, 15) is 4.79 Å². The summed E-state index contributed by atoms with van der Waals surface area (Å²) in [5.74, 6) is -0.104. The van der Waals surface area contributed by atoms with Crippen molar-refractivity contribution >= 4 is 17.5 Å². The van der Waals surface area contributed by atoms with E-state index in [-0.39, 0.29) is 11.9 Å². The summed E-state index contributed by atoms with van der Waals surface area (Å²) in [5, 5.41) is 9.21. The normalized spacial score (nSPS) is 11.7. The van der Waals surface area contributed by atoms with Gasteiger partial charge in [-0.3, -0.25) is 4.79 Å². The molecule has 0 aromatic heterocycles. The molecule has 17 heavy (non-hydrogen) atoms. The minimum atomic E-state index is -0.106. The Kier molecular flexibility index (Phi) is 4.53. The smallest absolute Gasteiger partial charge is 0.254 e. The van der Waals surface area contributed by atoms with E-state index >= 15 is 0 Å². The number of benzene rings is 1. The lowest BCUT2D eigenvalue weighted by atomic mass is 10.1. The molecule has 0 aliphatic carbocycles. The van der Waals surface area contributed by atoms with Crippen molar-refractivity contribution in [3.05, 3.63) is 34.3 Å². The molecule has 1 aromatic rings. The van der Waals surface area contributed by atoms with Crippen LogP contribution in [-0.4, -0.2) is 23.9 Å². The minimum Gasteiger partial charge on any atom is -0.338 e. The summed E-state index contributed by atoms with van der Waals surface area (Å²) in [5.41, 5.74) is 1.36. The van der Waals surface area contributed by atoms with Gasteiger partial charge in [0.15, 0.2) is 0 Å². The third-order valence-corrected chi connectivity index (χ3v) is 3.28. The fraction of sp³-hybridized carbons (Fsp3) is 0.385. The molecule has 0 saturated carbocycles. The van der Waals surface area contributed by atoms with E-state index in [4.69, 9.17) is 16.9 Å². The molecule has 4 heteroatoms. The van der Waals surface area contributed by atoms with Crippen LogP contribution in [0, 0.1) is 18.3 Å². The summed E-state index contributed by atoms with van der Waals surface area (Å²) in [6.07, 6.45) is 0.321. The van der Waals surface area contributed by atoms with Crippen molar-refractivity contribution in [2.75, 3.05) is 7.05 Å². The van der Waals surface area contributed by atoms with E-state index in [0.29, 0.717) is 17.0 Å². The van der Waals surface area contributed by atoms with Crippen LogP contribution in [0.2, 0.25) is 5.02 Å². The third-order valence-electron chi connectivity index (χ3n) is 2.87. The monoisotopic (exact) mass is 250 g/mol. The van der Waals surface area contributed by atoms with E-state index in [2.05, 4.69) is 6.07 Å². The molecule has 3 nitrogen and oxygen atoms in total. The van der Waals surface area contributed by atoms with Crippen molar-refractivity contribution in [1.29, 1.82) is 5.26 Å². The molecular weight excluding hydrogens is 236 g/mol. The van der Waals surface area contributed by atoms with Crippen molar-refractivity contribution in [3.63, 3.8) is 0 Å². The zero-order chi connectivity index (χ0) is 13.0. The van der Waals surface area contributed by atoms with Gasteiger partial charge in [-0.05, 0) is 31.5 Å². The van der Waals surface area contributed by atoms with E-state index in [1.807, 2.05) is 13.8 Å². The molecule has 1 unspecified atom stereocenters. The summed E-state index contributed by atoms with van der Waals surface area (Å²) >= 11 is 5.98. The number of amides is 1. The SMILES string of the molecule is Cc1c(Cl)cccc1C(=O)N(C)C(C)CC#N. The fourth-order valence-corrected chi connectivity index (χ4v) is 1.67. The zero-order valence-electron chi connectivity index (χ0n) is 10.2. The van der Waals surface area contributed by atoms with Gasteiger partial charge in [0.1, 0.15) is 0 Å². The van der Waals surface area contributed by atoms with E-state index in [1.54, 1.807) is 30.1 Å². The molecule has 1 rings (SSSR count). The van der Waals surface area contributed by atoms with E-state index in [0.717, 1.165) is 5.56 Å². The Labute approximate surface area is 107 Å². The topological polar surface area (TPSA) is 44.1 Å². The molecule has 0 bridgehead atoms. The first-order valence-corrected chi connectivity index (χ1v) is 5.76. The van der Waals surface area contributed by atoms with Crippen LogP contribution in [-0.2, 0) is 0 Å². The molecule has 0 spiro atoms. The Morgan fingerprint density at radius 1 is 1.59 bits per heavy atom. The number of nitriles is 1. The molecule has 0 radical (unpaired) electrons. The molecule has 0 aliphatic heterocycles. The largest absolute Gasteiger partial charge is 0.338 e. The Hall–Kier alpha value is -1.53. The minimum absolute atomic E-state index is 0.104. The first kappa shape index (κ1) is 13.5. The quantitative estimate of drug-likeness (QED) is 0.828. The molecule has 1 aromatic carbocycles. The zero-order valence-corrected chi connectivity index (χ0v) is 11.0. The van der Waals surface area contributed by atoms with Crippen molar-refractivity contribution in [2.45, 2.75) is 26.3 Å². The number of carbonyl (C=O) groups excluding carboxylic acids is 1. The molecule has 1 atom stereocenters. The van der Waals surface area contributed by atoms with Crippen LogP contribution in [0.1, 0.15) is 29.3 Å². The predicted molar refractivity (Wildman–Crippen MR) is 68.0 cm³/mol. The highest BCUT2D eigenvalue weighted by molar-refractivity contribution is 6.31. The van der Waals surface area contributed by atoms with Gasteiger partial charge in [0.05, 0.1) is 12.5 Å². The van der Waals surface area contributed by atoms with Gasteiger partial charge in [0, 0.05) is 23.7 Å². The lowest BCUT2D eigenvalue weighted by Crippen LogP contribution is -2.35. The second-order valence-corrected chi connectivity index (χ2v) is 4.45. The van der Waals surface area contributed by atoms with Gasteiger partial charge in [0.25, 0.3) is 5.91 Å². The predicted octanol–water partition coefficient (Wildman–Crippen LogP) is 3.02. The highest BCUT2D eigenvalue weighted by atomic mass is 35.5. The Morgan fingerprint density at radius 2 is 2.24 bits per heavy atom. The summed E-state index contributed by atoms with van der Waals surface area (Å²) in [4.78, 5) is 13.8.